The number of hydrogen-bond donors (Lipinski definition) is 0. The van der Waals surface area contributed by atoms with Crippen molar-refractivity contribution in [3.63, 3.8) is 0 Å². The van der Waals surface area contributed by atoms with Crippen LogP contribution >= 0.6 is 0 Å². The number of aryl methyl sites for hydroxylation is 3. The third kappa shape index (κ3) is 4.49. The van der Waals surface area contributed by atoms with Crippen molar-refractivity contribution < 1.29 is 14.1 Å². The van der Waals surface area contributed by atoms with Crippen LogP contribution < -0.4 is 0 Å². The molecule has 1 saturated heterocycles. The van der Waals surface area contributed by atoms with Gasteiger partial charge in [0.25, 0.3) is 0 Å². The summed E-state index contributed by atoms with van der Waals surface area (Å²) in [5.74, 6) is 1.24. The fourth-order valence-corrected chi connectivity index (χ4v) is 3.61. The van der Waals surface area contributed by atoms with Crippen LogP contribution in [0.3, 0.4) is 0 Å². The standard InChI is InChI=1S/C20H27N3O3/c1-14-6-8-16(9-7-14)13-17-18(25-3)5-4-12-23(17)20(24)11-10-19-21-15(2)22-26-19/h6-9,17-18H,4-5,10-13H2,1-3H3/t17-,18-/m0/s1. The Morgan fingerprint density at radius 1 is 1.31 bits per heavy atom. The molecule has 6 nitrogen and oxygen atoms in total. The Kier molecular flexibility index (Phi) is 6.04. The van der Waals surface area contributed by atoms with E-state index >= 15 is 0 Å². The molecule has 0 unspecified atom stereocenters. The van der Waals surface area contributed by atoms with Crippen LogP contribution in [0.5, 0.6) is 0 Å². The van der Waals surface area contributed by atoms with E-state index in [0.29, 0.717) is 24.6 Å². The Bertz CT molecular complexity index is 726. The average molecular weight is 357 g/mol. The van der Waals surface area contributed by atoms with Crippen LogP contribution in [0.4, 0.5) is 0 Å². The fraction of sp³-hybridized carbons (Fsp3) is 0.550. The topological polar surface area (TPSA) is 68.5 Å². The smallest absolute Gasteiger partial charge is 0.227 e. The van der Waals surface area contributed by atoms with Crippen LogP contribution in [0.25, 0.3) is 0 Å². The van der Waals surface area contributed by atoms with Gasteiger partial charge in [-0.2, -0.15) is 4.98 Å². The SMILES string of the molecule is CO[C@H]1CCCN(C(=O)CCc2nc(C)no2)[C@H]1Cc1ccc(C)cc1. The maximum absolute atomic E-state index is 12.9. The van der Waals surface area contributed by atoms with Gasteiger partial charge in [-0.25, -0.2) is 0 Å². The minimum Gasteiger partial charge on any atom is -0.379 e. The molecule has 2 heterocycles. The van der Waals surface area contributed by atoms with Gasteiger partial charge in [0.05, 0.1) is 12.1 Å². The molecule has 0 aliphatic carbocycles. The summed E-state index contributed by atoms with van der Waals surface area (Å²) in [4.78, 5) is 19.0. The second kappa shape index (κ2) is 8.45. The molecule has 26 heavy (non-hydrogen) atoms. The number of carbonyl (C=O) groups excluding carboxylic acids is 1. The predicted molar refractivity (Wildman–Crippen MR) is 97.8 cm³/mol. The lowest BCUT2D eigenvalue weighted by molar-refractivity contribution is -0.139. The first-order chi connectivity index (χ1) is 12.6. The highest BCUT2D eigenvalue weighted by molar-refractivity contribution is 5.77. The molecular weight excluding hydrogens is 330 g/mol. The third-order valence-electron chi connectivity index (χ3n) is 5.03. The van der Waals surface area contributed by atoms with Crippen LogP contribution in [0.1, 0.15) is 42.1 Å². The van der Waals surface area contributed by atoms with Gasteiger partial charge in [-0.1, -0.05) is 35.0 Å². The number of hydrogen-bond acceptors (Lipinski definition) is 5. The van der Waals surface area contributed by atoms with Crippen molar-refractivity contribution in [2.75, 3.05) is 13.7 Å². The van der Waals surface area contributed by atoms with E-state index in [0.717, 1.165) is 25.8 Å². The van der Waals surface area contributed by atoms with E-state index < -0.39 is 0 Å². The fourth-order valence-electron chi connectivity index (χ4n) is 3.61. The number of nitrogens with zero attached hydrogens (tertiary/aromatic N) is 3. The minimum absolute atomic E-state index is 0.0633. The number of ether oxygens (including phenoxy) is 1. The summed E-state index contributed by atoms with van der Waals surface area (Å²) in [5.41, 5.74) is 2.47. The van der Waals surface area contributed by atoms with Gasteiger partial charge in [0.1, 0.15) is 0 Å². The van der Waals surface area contributed by atoms with E-state index in [2.05, 4.69) is 41.3 Å². The lowest BCUT2D eigenvalue weighted by Crippen LogP contribution is -2.52. The summed E-state index contributed by atoms with van der Waals surface area (Å²) < 4.78 is 10.8. The Morgan fingerprint density at radius 3 is 2.73 bits per heavy atom. The Labute approximate surface area is 154 Å². The van der Waals surface area contributed by atoms with E-state index in [1.165, 1.54) is 11.1 Å². The van der Waals surface area contributed by atoms with Crippen LogP contribution in [0.2, 0.25) is 0 Å². The molecule has 0 N–H and O–H groups in total. The van der Waals surface area contributed by atoms with E-state index in [1.54, 1.807) is 14.0 Å². The Balaban J connectivity index is 1.69. The highest BCUT2D eigenvalue weighted by Gasteiger charge is 2.34. The number of carbonyl (C=O) groups is 1. The van der Waals surface area contributed by atoms with Gasteiger partial charge in [-0.3, -0.25) is 4.79 Å². The molecule has 0 spiro atoms. The zero-order chi connectivity index (χ0) is 18.5. The molecule has 140 valence electrons. The number of piperidine rings is 1. The number of likely N-dealkylation sites (tertiary alicyclic amines) is 1. The summed E-state index contributed by atoms with van der Waals surface area (Å²) in [7, 11) is 1.74. The van der Waals surface area contributed by atoms with Gasteiger partial charge < -0.3 is 14.2 Å². The summed E-state index contributed by atoms with van der Waals surface area (Å²) >= 11 is 0. The molecule has 6 heteroatoms. The van der Waals surface area contributed by atoms with Crippen LogP contribution in [0, 0.1) is 13.8 Å². The molecule has 1 amide bonds. The zero-order valence-electron chi connectivity index (χ0n) is 15.8. The number of aromatic nitrogens is 2. The summed E-state index contributed by atoms with van der Waals surface area (Å²) in [5, 5.41) is 3.78. The van der Waals surface area contributed by atoms with Crippen molar-refractivity contribution in [2.24, 2.45) is 0 Å². The monoisotopic (exact) mass is 357 g/mol. The van der Waals surface area contributed by atoms with Crippen molar-refractivity contribution in [3.05, 3.63) is 47.1 Å². The molecular formula is C20H27N3O3. The van der Waals surface area contributed by atoms with Crippen molar-refractivity contribution >= 4 is 5.91 Å². The summed E-state index contributed by atoms with van der Waals surface area (Å²) in [6, 6.07) is 8.57. The largest absolute Gasteiger partial charge is 0.379 e. The van der Waals surface area contributed by atoms with E-state index in [4.69, 9.17) is 9.26 Å². The van der Waals surface area contributed by atoms with Crippen LogP contribution in [-0.2, 0) is 22.4 Å². The Morgan fingerprint density at radius 2 is 2.08 bits per heavy atom. The molecule has 0 radical (unpaired) electrons. The normalized spacial score (nSPS) is 20.3. The first-order valence-electron chi connectivity index (χ1n) is 9.24. The van der Waals surface area contributed by atoms with Crippen molar-refractivity contribution in [3.8, 4) is 0 Å². The molecule has 1 aromatic heterocycles. The first-order valence-corrected chi connectivity index (χ1v) is 9.24. The van der Waals surface area contributed by atoms with Gasteiger partial charge >= 0.3 is 0 Å². The van der Waals surface area contributed by atoms with Gasteiger partial charge in [-0.05, 0) is 38.7 Å². The molecule has 1 aliphatic rings. The lowest BCUT2D eigenvalue weighted by Gasteiger charge is -2.41. The molecule has 1 fully saturated rings. The number of amides is 1. The lowest BCUT2D eigenvalue weighted by atomic mass is 9.92. The molecule has 0 bridgehead atoms. The molecule has 2 atom stereocenters. The highest BCUT2D eigenvalue weighted by atomic mass is 16.5. The molecule has 0 saturated carbocycles. The highest BCUT2D eigenvalue weighted by Crippen LogP contribution is 2.24. The first kappa shape index (κ1) is 18.6. The number of methoxy groups -OCH3 is 1. The number of benzene rings is 1. The molecule has 2 aromatic rings. The second-order valence-corrected chi connectivity index (χ2v) is 7.00. The van der Waals surface area contributed by atoms with E-state index in [-0.39, 0.29) is 18.1 Å². The van der Waals surface area contributed by atoms with Crippen molar-refractivity contribution in [2.45, 2.75) is 58.1 Å². The van der Waals surface area contributed by atoms with Gasteiger partial charge in [0.2, 0.25) is 11.8 Å². The summed E-state index contributed by atoms with van der Waals surface area (Å²) in [6.45, 7) is 4.63. The quantitative estimate of drug-likeness (QED) is 0.795. The van der Waals surface area contributed by atoms with Crippen LogP contribution in [-0.4, -0.2) is 46.7 Å². The van der Waals surface area contributed by atoms with E-state index in [1.807, 2.05) is 4.90 Å². The minimum atomic E-state index is 0.0633. The van der Waals surface area contributed by atoms with Crippen molar-refractivity contribution in [1.82, 2.24) is 15.0 Å². The summed E-state index contributed by atoms with van der Waals surface area (Å²) in [6.07, 6.45) is 3.69. The van der Waals surface area contributed by atoms with Gasteiger partial charge in [0, 0.05) is 26.5 Å². The molecule has 3 rings (SSSR count). The average Bonchev–Trinajstić information content (AvgIpc) is 3.07. The van der Waals surface area contributed by atoms with Crippen LogP contribution in [0.15, 0.2) is 28.8 Å². The second-order valence-electron chi connectivity index (χ2n) is 7.00. The van der Waals surface area contributed by atoms with Crippen molar-refractivity contribution in [1.29, 1.82) is 0 Å². The molecule has 1 aromatic carbocycles. The maximum atomic E-state index is 12.9. The maximum Gasteiger partial charge on any atom is 0.227 e. The third-order valence-corrected chi connectivity index (χ3v) is 5.03. The van der Waals surface area contributed by atoms with E-state index in [9.17, 15) is 4.79 Å². The number of rotatable bonds is 6. The molecule has 1 aliphatic heterocycles. The zero-order valence-corrected chi connectivity index (χ0v) is 15.8. The predicted octanol–water partition coefficient (Wildman–Crippen LogP) is 2.87. The Hall–Kier alpha value is -2.21. The van der Waals surface area contributed by atoms with Gasteiger partial charge in [0.15, 0.2) is 5.82 Å². The van der Waals surface area contributed by atoms with Gasteiger partial charge in [-0.15, -0.1) is 0 Å².